The first-order valence-corrected chi connectivity index (χ1v) is 8.54. The van der Waals surface area contributed by atoms with Gasteiger partial charge in [-0.3, -0.25) is 0 Å². The van der Waals surface area contributed by atoms with Gasteiger partial charge in [-0.15, -0.1) is 0 Å². The first-order valence-electron chi connectivity index (χ1n) is 8.54. The van der Waals surface area contributed by atoms with Crippen molar-refractivity contribution in [2.75, 3.05) is 0 Å². The molecular weight excluding hydrogens is 287 g/mol. The highest BCUT2D eigenvalue weighted by molar-refractivity contribution is 5.40. The number of ether oxygens (including phenoxy) is 1. The van der Waals surface area contributed by atoms with Crippen molar-refractivity contribution in [1.29, 1.82) is 0 Å². The molecule has 23 heavy (non-hydrogen) atoms. The molecule has 0 saturated heterocycles. The second-order valence-corrected chi connectivity index (χ2v) is 6.59. The van der Waals surface area contributed by atoms with Crippen LogP contribution in [0.15, 0.2) is 42.5 Å². The highest BCUT2D eigenvalue weighted by Gasteiger charge is 2.13. The molecule has 2 aromatic carbocycles. The van der Waals surface area contributed by atoms with Crippen LogP contribution in [0.1, 0.15) is 57.1 Å². The summed E-state index contributed by atoms with van der Waals surface area (Å²) in [4.78, 5) is 0. The fourth-order valence-corrected chi connectivity index (χ4v) is 3.09. The predicted octanol–water partition coefficient (Wildman–Crippen LogP) is 6.86. The van der Waals surface area contributed by atoms with Gasteiger partial charge in [0.15, 0.2) is 11.6 Å². The molecule has 124 valence electrons. The fraction of sp³-hybridized carbons (Fsp3) is 0.429. The van der Waals surface area contributed by atoms with Gasteiger partial charge >= 0.3 is 0 Å². The van der Waals surface area contributed by atoms with Crippen molar-refractivity contribution in [3.63, 3.8) is 0 Å². The molecule has 0 bridgehead atoms. The highest BCUT2D eigenvalue weighted by Crippen LogP contribution is 2.31. The van der Waals surface area contributed by atoms with Crippen molar-refractivity contribution in [1.82, 2.24) is 0 Å². The van der Waals surface area contributed by atoms with E-state index in [1.54, 1.807) is 18.2 Å². The average molecular weight is 314 g/mol. The standard InChI is InChI=1S/C21H27FO/c1-5-8-15(2)13-16(3)18-11-12-20(17(4)14-18)23-21-10-7-6-9-19(21)22/h6-7,9-12,14-16H,5,8,13H2,1-4H3. The first kappa shape index (κ1) is 17.5. The molecule has 0 N–H and O–H groups in total. The van der Waals surface area contributed by atoms with E-state index in [1.807, 2.05) is 13.0 Å². The molecule has 0 radical (unpaired) electrons. The van der Waals surface area contributed by atoms with Crippen molar-refractivity contribution < 1.29 is 9.13 Å². The first-order chi connectivity index (χ1) is 11.0. The molecule has 2 heteroatoms. The lowest BCUT2D eigenvalue weighted by molar-refractivity contribution is 0.437. The van der Waals surface area contributed by atoms with Gasteiger partial charge in [0.05, 0.1) is 0 Å². The minimum Gasteiger partial charge on any atom is -0.454 e. The van der Waals surface area contributed by atoms with Crippen LogP contribution in [0.25, 0.3) is 0 Å². The number of hydrogen-bond donors (Lipinski definition) is 0. The Morgan fingerprint density at radius 3 is 2.43 bits per heavy atom. The van der Waals surface area contributed by atoms with Gasteiger partial charge in [0, 0.05) is 0 Å². The van der Waals surface area contributed by atoms with Crippen LogP contribution in [0.4, 0.5) is 4.39 Å². The van der Waals surface area contributed by atoms with Crippen LogP contribution in [-0.2, 0) is 0 Å². The van der Waals surface area contributed by atoms with Crippen LogP contribution in [0.3, 0.4) is 0 Å². The number of para-hydroxylation sites is 1. The van der Waals surface area contributed by atoms with E-state index in [0.717, 1.165) is 11.5 Å². The monoisotopic (exact) mass is 314 g/mol. The average Bonchev–Trinajstić information content (AvgIpc) is 2.51. The third kappa shape index (κ3) is 4.82. The van der Waals surface area contributed by atoms with Crippen molar-refractivity contribution >= 4 is 0 Å². The number of benzene rings is 2. The lowest BCUT2D eigenvalue weighted by Gasteiger charge is -2.18. The van der Waals surface area contributed by atoms with Gasteiger partial charge < -0.3 is 4.74 Å². The van der Waals surface area contributed by atoms with E-state index < -0.39 is 0 Å². The molecule has 2 rings (SSSR count). The summed E-state index contributed by atoms with van der Waals surface area (Å²) in [7, 11) is 0. The molecule has 2 aromatic rings. The zero-order valence-corrected chi connectivity index (χ0v) is 14.6. The van der Waals surface area contributed by atoms with Crippen molar-refractivity contribution in [3.8, 4) is 11.5 Å². The van der Waals surface area contributed by atoms with Gasteiger partial charge in [0.1, 0.15) is 5.75 Å². The molecule has 0 spiro atoms. The normalized spacial score (nSPS) is 13.6. The van der Waals surface area contributed by atoms with Gasteiger partial charge in [-0.25, -0.2) is 4.39 Å². The van der Waals surface area contributed by atoms with Crippen molar-refractivity contribution in [3.05, 3.63) is 59.4 Å². The fourth-order valence-electron chi connectivity index (χ4n) is 3.09. The summed E-state index contributed by atoms with van der Waals surface area (Å²) in [5, 5.41) is 0. The van der Waals surface area contributed by atoms with E-state index >= 15 is 0 Å². The lowest BCUT2D eigenvalue weighted by atomic mass is 9.88. The number of hydrogen-bond acceptors (Lipinski definition) is 1. The van der Waals surface area contributed by atoms with Gasteiger partial charge in [-0.1, -0.05) is 57.9 Å². The van der Waals surface area contributed by atoms with Crippen LogP contribution >= 0.6 is 0 Å². The molecule has 0 aliphatic carbocycles. The van der Waals surface area contributed by atoms with Crippen molar-refractivity contribution in [2.45, 2.75) is 52.9 Å². The van der Waals surface area contributed by atoms with Gasteiger partial charge in [-0.2, -0.15) is 0 Å². The van der Waals surface area contributed by atoms with Gasteiger partial charge in [-0.05, 0) is 54.5 Å². The zero-order chi connectivity index (χ0) is 16.8. The van der Waals surface area contributed by atoms with Crippen LogP contribution in [0, 0.1) is 18.7 Å². The third-order valence-corrected chi connectivity index (χ3v) is 4.36. The molecule has 0 fully saturated rings. The Morgan fingerprint density at radius 2 is 1.78 bits per heavy atom. The molecule has 0 aliphatic heterocycles. The summed E-state index contributed by atoms with van der Waals surface area (Å²) >= 11 is 0. The molecular formula is C21H27FO. The molecule has 2 atom stereocenters. The highest BCUT2D eigenvalue weighted by atomic mass is 19.1. The smallest absolute Gasteiger partial charge is 0.165 e. The predicted molar refractivity (Wildman–Crippen MR) is 94.8 cm³/mol. The van der Waals surface area contributed by atoms with E-state index in [4.69, 9.17) is 4.74 Å². The minimum absolute atomic E-state index is 0.271. The quantitative estimate of drug-likeness (QED) is 0.542. The van der Waals surface area contributed by atoms with Gasteiger partial charge in [0.25, 0.3) is 0 Å². The summed E-state index contributed by atoms with van der Waals surface area (Å²) < 4.78 is 19.4. The maximum atomic E-state index is 13.7. The topological polar surface area (TPSA) is 9.23 Å². The second kappa shape index (κ2) is 8.14. The number of halogens is 1. The van der Waals surface area contributed by atoms with E-state index in [0.29, 0.717) is 11.7 Å². The Bertz CT molecular complexity index is 635. The Hall–Kier alpha value is -1.83. The lowest BCUT2D eigenvalue weighted by Crippen LogP contribution is -2.02. The van der Waals surface area contributed by atoms with Crippen LogP contribution < -0.4 is 4.74 Å². The van der Waals surface area contributed by atoms with E-state index in [-0.39, 0.29) is 11.6 Å². The molecule has 0 aromatic heterocycles. The molecule has 0 heterocycles. The molecule has 2 unspecified atom stereocenters. The summed E-state index contributed by atoms with van der Waals surface area (Å²) in [6.45, 7) is 8.85. The second-order valence-electron chi connectivity index (χ2n) is 6.59. The van der Waals surface area contributed by atoms with E-state index in [9.17, 15) is 4.39 Å². The Morgan fingerprint density at radius 1 is 1.04 bits per heavy atom. The maximum absolute atomic E-state index is 13.7. The van der Waals surface area contributed by atoms with Crippen LogP contribution in [0.5, 0.6) is 11.5 Å². The molecule has 0 amide bonds. The third-order valence-electron chi connectivity index (χ3n) is 4.36. The van der Waals surface area contributed by atoms with E-state index in [1.165, 1.54) is 30.9 Å². The van der Waals surface area contributed by atoms with Gasteiger partial charge in [0.2, 0.25) is 0 Å². The molecule has 1 nitrogen and oxygen atoms in total. The summed E-state index contributed by atoms with van der Waals surface area (Å²) in [6.07, 6.45) is 3.71. The molecule has 0 aliphatic rings. The summed E-state index contributed by atoms with van der Waals surface area (Å²) in [5.41, 5.74) is 2.37. The summed E-state index contributed by atoms with van der Waals surface area (Å²) in [6, 6.07) is 12.7. The maximum Gasteiger partial charge on any atom is 0.165 e. The van der Waals surface area contributed by atoms with E-state index in [2.05, 4.69) is 32.9 Å². The summed E-state index contributed by atoms with van der Waals surface area (Å²) in [5.74, 6) is 1.92. The largest absolute Gasteiger partial charge is 0.454 e. The van der Waals surface area contributed by atoms with Crippen molar-refractivity contribution in [2.24, 2.45) is 5.92 Å². The SMILES string of the molecule is CCCC(C)CC(C)c1ccc(Oc2ccccc2F)c(C)c1. The Labute approximate surface area is 139 Å². The van der Waals surface area contributed by atoms with Crippen LogP contribution in [0.2, 0.25) is 0 Å². The Kier molecular flexibility index (Phi) is 6.20. The minimum atomic E-state index is -0.335. The molecule has 0 saturated carbocycles. The Balaban J connectivity index is 2.10. The number of aryl methyl sites for hydroxylation is 1. The zero-order valence-electron chi connectivity index (χ0n) is 14.6. The number of rotatable bonds is 7. The van der Waals surface area contributed by atoms with Crippen LogP contribution in [-0.4, -0.2) is 0 Å².